The number of hydrogen-bond acceptors (Lipinski definition) is 3. The Labute approximate surface area is 139 Å². The normalized spacial score (nSPS) is 19.9. The van der Waals surface area contributed by atoms with E-state index in [2.05, 4.69) is 25.7 Å². The van der Waals surface area contributed by atoms with Crippen molar-refractivity contribution < 1.29 is 9.47 Å². The Hall–Kier alpha value is -0.930. The van der Waals surface area contributed by atoms with Gasteiger partial charge in [-0.3, -0.25) is 4.90 Å². The van der Waals surface area contributed by atoms with Gasteiger partial charge in [-0.1, -0.05) is 0 Å². The zero-order valence-corrected chi connectivity index (χ0v) is 14.7. The highest BCUT2D eigenvalue weighted by Gasteiger charge is 2.21. The third kappa shape index (κ3) is 6.05. The molecule has 4 heteroatoms. The van der Waals surface area contributed by atoms with Gasteiger partial charge in [-0.05, 0) is 77.4 Å². The molecule has 0 spiro atoms. The second-order valence-corrected chi connectivity index (χ2v) is 7.29. The summed E-state index contributed by atoms with van der Waals surface area (Å²) in [7, 11) is 0. The van der Waals surface area contributed by atoms with Crippen LogP contribution in [0.3, 0.4) is 0 Å². The monoisotopic (exact) mass is 325 g/mol. The van der Waals surface area contributed by atoms with Gasteiger partial charge in [0.1, 0.15) is 23.2 Å². The zero-order chi connectivity index (χ0) is 16.0. The van der Waals surface area contributed by atoms with Gasteiger partial charge < -0.3 is 9.47 Å². The molecule has 0 amide bonds. The van der Waals surface area contributed by atoms with E-state index in [1.807, 2.05) is 24.3 Å². The molecule has 1 saturated heterocycles. The van der Waals surface area contributed by atoms with Crippen LogP contribution in [-0.2, 0) is 0 Å². The van der Waals surface area contributed by atoms with E-state index < -0.39 is 0 Å². The molecule has 1 heterocycles. The molecule has 0 unspecified atom stereocenters. The van der Waals surface area contributed by atoms with Gasteiger partial charge in [-0.25, -0.2) is 0 Å². The molecule has 0 aliphatic carbocycles. The summed E-state index contributed by atoms with van der Waals surface area (Å²) in [5.74, 6) is 2.54. The van der Waals surface area contributed by atoms with Crippen LogP contribution in [-0.4, -0.2) is 42.1 Å². The number of nitrogens with zero attached hydrogens (tertiary/aromatic N) is 1. The molecule has 0 saturated carbocycles. The average molecular weight is 326 g/mol. The van der Waals surface area contributed by atoms with E-state index in [9.17, 15) is 0 Å². The Balaban J connectivity index is 1.85. The van der Waals surface area contributed by atoms with E-state index in [-0.39, 0.29) is 11.7 Å². The van der Waals surface area contributed by atoms with Gasteiger partial charge in [0.25, 0.3) is 0 Å². The molecular formula is C18H28ClNO2. The van der Waals surface area contributed by atoms with Crippen molar-refractivity contribution in [3.05, 3.63) is 24.3 Å². The number of halogens is 1. The van der Waals surface area contributed by atoms with Gasteiger partial charge in [0.05, 0.1) is 0 Å². The van der Waals surface area contributed by atoms with Gasteiger partial charge >= 0.3 is 0 Å². The lowest BCUT2D eigenvalue weighted by atomic mass is 10.1. The molecular weight excluding hydrogens is 298 g/mol. The van der Waals surface area contributed by atoms with Crippen molar-refractivity contribution in [3.63, 3.8) is 0 Å². The van der Waals surface area contributed by atoms with Crippen LogP contribution in [0.5, 0.6) is 11.5 Å². The van der Waals surface area contributed by atoms with Crippen molar-refractivity contribution >= 4 is 11.6 Å². The highest BCUT2D eigenvalue weighted by Crippen LogP contribution is 2.24. The van der Waals surface area contributed by atoms with Crippen molar-refractivity contribution in [2.24, 2.45) is 0 Å². The Morgan fingerprint density at radius 2 is 1.86 bits per heavy atom. The summed E-state index contributed by atoms with van der Waals surface area (Å²) in [6.45, 7) is 9.38. The first-order chi connectivity index (χ1) is 10.5. The average Bonchev–Trinajstić information content (AvgIpc) is 2.46. The number of rotatable bonds is 6. The quantitative estimate of drug-likeness (QED) is 0.726. The second-order valence-electron chi connectivity index (χ2n) is 6.91. The molecule has 0 N–H and O–H groups in total. The minimum absolute atomic E-state index is 0.172. The van der Waals surface area contributed by atoms with Gasteiger partial charge in [0.15, 0.2) is 0 Å². The molecule has 1 aliphatic heterocycles. The summed E-state index contributed by atoms with van der Waals surface area (Å²) in [5, 5.41) is 0. The van der Waals surface area contributed by atoms with Gasteiger partial charge in [0, 0.05) is 12.4 Å². The first-order valence-corrected chi connectivity index (χ1v) is 8.74. The third-order valence-corrected chi connectivity index (χ3v) is 3.89. The van der Waals surface area contributed by atoms with Crippen LogP contribution in [0.4, 0.5) is 0 Å². The van der Waals surface area contributed by atoms with Crippen LogP contribution < -0.4 is 9.47 Å². The molecule has 1 fully saturated rings. The zero-order valence-electron chi connectivity index (χ0n) is 14.0. The van der Waals surface area contributed by atoms with Crippen molar-refractivity contribution in [2.45, 2.75) is 51.7 Å². The number of alkyl halides is 1. The van der Waals surface area contributed by atoms with Crippen LogP contribution >= 0.6 is 11.6 Å². The van der Waals surface area contributed by atoms with E-state index in [1.54, 1.807) is 0 Å². The van der Waals surface area contributed by atoms with Crippen molar-refractivity contribution in [1.29, 1.82) is 0 Å². The summed E-state index contributed by atoms with van der Waals surface area (Å²) in [6, 6.07) is 7.96. The van der Waals surface area contributed by atoms with Gasteiger partial charge in [-0.2, -0.15) is 0 Å². The lowest BCUT2D eigenvalue weighted by Gasteiger charge is -2.32. The molecule has 0 bridgehead atoms. The first-order valence-electron chi connectivity index (χ1n) is 8.20. The molecule has 22 heavy (non-hydrogen) atoms. The molecule has 124 valence electrons. The fraction of sp³-hybridized carbons (Fsp3) is 0.667. The predicted molar refractivity (Wildman–Crippen MR) is 92.3 cm³/mol. The SMILES string of the molecule is CC(C)(C)Oc1ccc(O[C@@H]2CCCN(CCCCl)C2)cc1. The standard InChI is InChI=1S/C18H28ClNO2/c1-18(2,3)22-16-9-7-15(8-10-16)21-17-6-4-12-20(14-17)13-5-11-19/h7-10,17H,4-6,11-14H2,1-3H3/t17-/m1/s1. The summed E-state index contributed by atoms with van der Waals surface area (Å²) in [4.78, 5) is 2.45. The topological polar surface area (TPSA) is 21.7 Å². The van der Waals surface area contributed by atoms with Gasteiger partial charge in [0.2, 0.25) is 0 Å². The van der Waals surface area contributed by atoms with Crippen LogP contribution in [0, 0.1) is 0 Å². The second kappa shape index (κ2) is 8.07. The number of hydrogen-bond donors (Lipinski definition) is 0. The Kier molecular flexibility index (Phi) is 6.39. The van der Waals surface area contributed by atoms with Crippen molar-refractivity contribution in [2.75, 3.05) is 25.5 Å². The van der Waals surface area contributed by atoms with E-state index >= 15 is 0 Å². The maximum Gasteiger partial charge on any atom is 0.120 e. The minimum atomic E-state index is -0.172. The number of piperidine rings is 1. The smallest absolute Gasteiger partial charge is 0.120 e. The predicted octanol–water partition coefficient (Wildman–Crippen LogP) is 4.34. The Bertz CT molecular complexity index is 441. The summed E-state index contributed by atoms with van der Waals surface area (Å²) < 4.78 is 12.0. The molecule has 1 aromatic carbocycles. The molecule has 0 radical (unpaired) electrons. The van der Waals surface area contributed by atoms with Crippen LogP contribution in [0.1, 0.15) is 40.0 Å². The van der Waals surface area contributed by atoms with Crippen LogP contribution in [0.25, 0.3) is 0 Å². The van der Waals surface area contributed by atoms with E-state index in [4.69, 9.17) is 21.1 Å². The highest BCUT2D eigenvalue weighted by atomic mass is 35.5. The molecule has 3 nitrogen and oxygen atoms in total. The third-order valence-electron chi connectivity index (χ3n) is 3.62. The summed E-state index contributed by atoms with van der Waals surface area (Å²) in [5.41, 5.74) is -0.172. The van der Waals surface area contributed by atoms with Gasteiger partial charge in [-0.15, -0.1) is 11.6 Å². The van der Waals surface area contributed by atoms with Crippen LogP contribution in [0.2, 0.25) is 0 Å². The highest BCUT2D eigenvalue weighted by molar-refractivity contribution is 6.17. The summed E-state index contributed by atoms with van der Waals surface area (Å²) in [6.07, 6.45) is 3.64. The number of ether oxygens (including phenoxy) is 2. The molecule has 1 aliphatic rings. The van der Waals surface area contributed by atoms with E-state index in [0.717, 1.165) is 49.9 Å². The number of benzene rings is 1. The van der Waals surface area contributed by atoms with E-state index in [1.165, 1.54) is 6.42 Å². The molecule has 0 aromatic heterocycles. The molecule has 2 rings (SSSR count). The maximum atomic E-state index is 6.12. The molecule has 1 atom stereocenters. The fourth-order valence-electron chi connectivity index (χ4n) is 2.73. The maximum absolute atomic E-state index is 6.12. The minimum Gasteiger partial charge on any atom is -0.489 e. The van der Waals surface area contributed by atoms with Crippen molar-refractivity contribution in [3.8, 4) is 11.5 Å². The Morgan fingerprint density at radius 3 is 2.50 bits per heavy atom. The first kappa shape index (κ1) is 17.4. The van der Waals surface area contributed by atoms with Crippen molar-refractivity contribution in [1.82, 2.24) is 4.90 Å². The largest absolute Gasteiger partial charge is 0.489 e. The fourth-order valence-corrected chi connectivity index (χ4v) is 2.85. The van der Waals surface area contributed by atoms with Crippen LogP contribution in [0.15, 0.2) is 24.3 Å². The summed E-state index contributed by atoms with van der Waals surface area (Å²) >= 11 is 5.78. The van der Waals surface area contributed by atoms with E-state index in [0.29, 0.717) is 0 Å². The number of likely N-dealkylation sites (tertiary alicyclic amines) is 1. The Morgan fingerprint density at radius 1 is 1.18 bits per heavy atom. The molecule has 1 aromatic rings. The lowest BCUT2D eigenvalue weighted by Crippen LogP contribution is -2.41. The lowest BCUT2D eigenvalue weighted by molar-refractivity contribution is 0.0884.